The van der Waals surface area contributed by atoms with E-state index in [1.807, 2.05) is 24.3 Å². The average molecular weight is 427 g/mol. The van der Waals surface area contributed by atoms with Crippen molar-refractivity contribution >= 4 is 22.4 Å². The number of carbonyl (C=O) groups is 1. The predicted molar refractivity (Wildman–Crippen MR) is 129 cm³/mol. The van der Waals surface area contributed by atoms with E-state index in [2.05, 4.69) is 28.7 Å². The van der Waals surface area contributed by atoms with Crippen molar-refractivity contribution in [3.8, 4) is 5.75 Å². The summed E-state index contributed by atoms with van der Waals surface area (Å²) in [5.74, 6) is -0.0418. The molecule has 1 fully saturated rings. The summed E-state index contributed by atoms with van der Waals surface area (Å²) in [6.45, 7) is 0. The van der Waals surface area contributed by atoms with E-state index in [1.54, 1.807) is 12.1 Å². The van der Waals surface area contributed by atoms with Gasteiger partial charge in [0.1, 0.15) is 5.75 Å². The molecule has 0 atom stereocenters. The smallest absolute Gasteiger partial charge is 0.275 e. The molecule has 0 unspecified atom stereocenters. The third-order valence-electron chi connectivity index (χ3n) is 7.02. The molecule has 32 heavy (non-hydrogen) atoms. The first-order valence-electron chi connectivity index (χ1n) is 11.9. The minimum Gasteiger partial charge on any atom is -0.507 e. The summed E-state index contributed by atoms with van der Waals surface area (Å²) in [5, 5.41) is 16.9. The fourth-order valence-electron chi connectivity index (χ4n) is 5.24. The van der Waals surface area contributed by atoms with Gasteiger partial charge in [-0.15, -0.1) is 0 Å². The Morgan fingerprint density at radius 2 is 1.56 bits per heavy atom. The highest BCUT2D eigenvalue weighted by Crippen LogP contribution is 2.30. The van der Waals surface area contributed by atoms with Crippen LogP contribution >= 0.6 is 0 Å². The number of hydrogen-bond acceptors (Lipinski definition) is 3. The lowest BCUT2D eigenvalue weighted by Gasteiger charge is -2.25. The largest absolute Gasteiger partial charge is 0.507 e. The molecule has 3 aromatic rings. The number of phenols is 1. The molecule has 2 aliphatic carbocycles. The van der Waals surface area contributed by atoms with Crippen molar-refractivity contribution in [3.05, 3.63) is 76.9 Å². The van der Waals surface area contributed by atoms with E-state index in [-0.39, 0.29) is 17.2 Å². The molecule has 164 valence electrons. The molecule has 1 saturated carbocycles. The Kier molecular flexibility index (Phi) is 5.93. The van der Waals surface area contributed by atoms with Gasteiger partial charge in [0.05, 0.1) is 11.3 Å². The molecule has 0 saturated heterocycles. The van der Waals surface area contributed by atoms with Gasteiger partial charge in [-0.1, -0.05) is 55.7 Å². The van der Waals surface area contributed by atoms with E-state index in [0.29, 0.717) is 5.92 Å². The summed E-state index contributed by atoms with van der Waals surface area (Å²) in [5.41, 5.74) is 8.00. The number of fused-ring (bicyclic) bond motifs is 2. The van der Waals surface area contributed by atoms with Crippen LogP contribution in [-0.4, -0.2) is 16.7 Å². The number of rotatable bonds is 4. The maximum Gasteiger partial charge on any atom is 0.275 e. The molecule has 0 aliphatic heterocycles. The van der Waals surface area contributed by atoms with Gasteiger partial charge in [0.2, 0.25) is 0 Å². The van der Waals surface area contributed by atoms with Crippen LogP contribution in [0.2, 0.25) is 0 Å². The van der Waals surface area contributed by atoms with Crippen molar-refractivity contribution in [2.45, 2.75) is 57.8 Å². The Balaban J connectivity index is 1.46. The van der Waals surface area contributed by atoms with E-state index in [4.69, 9.17) is 0 Å². The van der Waals surface area contributed by atoms with Gasteiger partial charge in [0.15, 0.2) is 0 Å². The zero-order valence-electron chi connectivity index (χ0n) is 18.4. The van der Waals surface area contributed by atoms with E-state index >= 15 is 0 Å². The Morgan fingerprint density at radius 1 is 0.844 bits per heavy atom. The molecule has 4 heteroatoms. The zero-order valence-corrected chi connectivity index (χ0v) is 18.4. The standard InChI is InChI=1S/C28H30N2O2/c31-26-18-23-13-7-6-12-22(23)17-25(26)28(32)30-29-27(20-9-2-1-3-10-20)24-15-14-19-8-4-5-11-21(19)16-24/h6-7,12-18,20,31H,1-5,8-11H2,(H,30,32)/b29-27+. The second-order valence-electron chi connectivity index (χ2n) is 9.18. The van der Waals surface area contributed by atoms with Gasteiger partial charge in [0, 0.05) is 5.92 Å². The Hall–Kier alpha value is -3.14. The van der Waals surface area contributed by atoms with Crippen molar-refractivity contribution in [1.82, 2.24) is 5.43 Å². The predicted octanol–water partition coefficient (Wildman–Crippen LogP) is 6.14. The summed E-state index contributed by atoms with van der Waals surface area (Å²) in [7, 11) is 0. The highest BCUT2D eigenvalue weighted by Gasteiger charge is 2.23. The summed E-state index contributed by atoms with van der Waals surface area (Å²) < 4.78 is 0. The minimum atomic E-state index is -0.375. The van der Waals surface area contributed by atoms with E-state index in [1.165, 1.54) is 43.2 Å². The molecule has 3 aromatic carbocycles. The normalized spacial score (nSPS) is 17.2. The number of benzene rings is 3. The van der Waals surface area contributed by atoms with Crippen LogP contribution in [0.25, 0.3) is 10.8 Å². The average Bonchev–Trinajstić information content (AvgIpc) is 2.84. The topological polar surface area (TPSA) is 61.7 Å². The monoisotopic (exact) mass is 426 g/mol. The van der Waals surface area contributed by atoms with Crippen molar-refractivity contribution in [2.24, 2.45) is 11.0 Å². The van der Waals surface area contributed by atoms with Crippen molar-refractivity contribution in [3.63, 3.8) is 0 Å². The number of phenolic OH excluding ortho intramolecular Hbond substituents is 1. The second kappa shape index (κ2) is 9.15. The van der Waals surface area contributed by atoms with Crippen LogP contribution in [0.15, 0.2) is 59.7 Å². The molecule has 2 N–H and O–H groups in total. The fraction of sp³-hybridized carbons (Fsp3) is 0.357. The number of nitrogens with one attached hydrogen (secondary N) is 1. The first-order chi connectivity index (χ1) is 15.7. The highest BCUT2D eigenvalue weighted by molar-refractivity contribution is 6.05. The molecular weight excluding hydrogens is 396 g/mol. The lowest BCUT2D eigenvalue weighted by Crippen LogP contribution is -2.26. The highest BCUT2D eigenvalue weighted by atomic mass is 16.3. The quantitative estimate of drug-likeness (QED) is 0.389. The van der Waals surface area contributed by atoms with Crippen LogP contribution in [0.1, 0.15) is 72.0 Å². The van der Waals surface area contributed by atoms with Crippen LogP contribution in [-0.2, 0) is 12.8 Å². The van der Waals surface area contributed by atoms with E-state index in [0.717, 1.165) is 47.7 Å². The zero-order chi connectivity index (χ0) is 21.9. The van der Waals surface area contributed by atoms with E-state index < -0.39 is 0 Å². The first kappa shape index (κ1) is 20.7. The molecule has 0 aromatic heterocycles. The lowest BCUT2D eigenvalue weighted by atomic mass is 9.81. The molecule has 4 nitrogen and oxygen atoms in total. The molecule has 0 radical (unpaired) electrons. The van der Waals surface area contributed by atoms with Gasteiger partial charge in [-0.05, 0) is 84.2 Å². The van der Waals surface area contributed by atoms with Crippen LogP contribution < -0.4 is 5.43 Å². The summed E-state index contributed by atoms with van der Waals surface area (Å²) in [6.07, 6.45) is 10.7. The first-order valence-corrected chi connectivity index (χ1v) is 11.9. The van der Waals surface area contributed by atoms with Crippen molar-refractivity contribution < 1.29 is 9.90 Å². The van der Waals surface area contributed by atoms with E-state index in [9.17, 15) is 9.90 Å². The second-order valence-corrected chi connectivity index (χ2v) is 9.18. The summed E-state index contributed by atoms with van der Waals surface area (Å²) in [4.78, 5) is 13.0. The molecule has 0 spiro atoms. The molecule has 1 amide bonds. The Labute approximate surface area is 189 Å². The Bertz CT molecular complexity index is 1180. The van der Waals surface area contributed by atoms with Crippen LogP contribution in [0.4, 0.5) is 0 Å². The lowest BCUT2D eigenvalue weighted by molar-refractivity contribution is 0.0952. The van der Waals surface area contributed by atoms with Crippen molar-refractivity contribution in [1.29, 1.82) is 0 Å². The molecular formula is C28H30N2O2. The number of aromatic hydroxyl groups is 1. The van der Waals surface area contributed by atoms with Crippen molar-refractivity contribution in [2.75, 3.05) is 0 Å². The number of aryl methyl sites for hydroxylation is 2. The SMILES string of the molecule is O=C(N/N=C(/c1ccc2c(c1)CCCC2)C1CCCCC1)c1cc2ccccc2cc1O. The molecule has 2 aliphatic rings. The number of nitrogens with zero attached hydrogens (tertiary/aromatic N) is 1. The van der Waals surface area contributed by atoms with Gasteiger partial charge < -0.3 is 5.11 Å². The fourth-order valence-corrected chi connectivity index (χ4v) is 5.24. The van der Waals surface area contributed by atoms with Crippen LogP contribution in [0.3, 0.4) is 0 Å². The number of hydrogen-bond donors (Lipinski definition) is 2. The third kappa shape index (κ3) is 4.27. The van der Waals surface area contributed by atoms with Crippen LogP contribution in [0, 0.1) is 5.92 Å². The molecule has 0 bridgehead atoms. The molecule has 0 heterocycles. The number of amides is 1. The van der Waals surface area contributed by atoms with Gasteiger partial charge >= 0.3 is 0 Å². The number of hydrazone groups is 1. The third-order valence-corrected chi connectivity index (χ3v) is 7.02. The number of carbonyl (C=O) groups excluding carboxylic acids is 1. The van der Waals surface area contributed by atoms with Gasteiger partial charge in [-0.2, -0.15) is 5.10 Å². The van der Waals surface area contributed by atoms with Gasteiger partial charge in [-0.3, -0.25) is 4.79 Å². The van der Waals surface area contributed by atoms with Gasteiger partial charge in [-0.25, -0.2) is 5.43 Å². The maximum atomic E-state index is 13.0. The Morgan fingerprint density at radius 3 is 2.34 bits per heavy atom. The minimum absolute atomic E-state index is 0.0237. The maximum absolute atomic E-state index is 13.0. The molecule has 5 rings (SSSR count). The van der Waals surface area contributed by atoms with Crippen LogP contribution in [0.5, 0.6) is 5.75 Å². The van der Waals surface area contributed by atoms with Gasteiger partial charge in [0.25, 0.3) is 5.91 Å². The summed E-state index contributed by atoms with van der Waals surface area (Å²) >= 11 is 0. The summed E-state index contributed by atoms with van der Waals surface area (Å²) in [6, 6.07) is 17.8.